The average Bonchev–Trinajstić information content (AvgIpc) is 2.39. The van der Waals surface area contributed by atoms with Crippen molar-refractivity contribution in [3.05, 3.63) is 41.7 Å². The number of benzene rings is 1. The van der Waals surface area contributed by atoms with Crippen LogP contribution in [-0.2, 0) is 4.79 Å². The average molecular weight is 278 g/mol. The summed E-state index contributed by atoms with van der Waals surface area (Å²) < 4.78 is 13.5. The van der Waals surface area contributed by atoms with Gasteiger partial charge in [0.2, 0.25) is 5.91 Å². The number of hydrogen-bond donors (Lipinski definition) is 1. The summed E-state index contributed by atoms with van der Waals surface area (Å²) in [6.45, 7) is 12.8. The topological polar surface area (TPSA) is 32.3 Å². The molecule has 0 aromatic heterocycles. The van der Waals surface area contributed by atoms with E-state index in [0.717, 1.165) is 12.1 Å². The number of halogens is 1. The van der Waals surface area contributed by atoms with Crippen LogP contribution in [0, 0.1) is 12.7 Å². The smallest absolute Gasteiger partial charge is 0.241 e. The van der Waals surface area contributed by atoms with Gasteiger partial charge in [-0.25, -0.2) is 4.39 Å². The molecular formula is C16H23FN2O. The summed E-state index contributed by atoms with van der Waals surface area (Å²) in [7, 11) is 0. The van der Waals surface area contributed by atoms with E-state index in [4.69, 9.17) is 0 Å². The van der Waals surface area contributed by atoms with Gasteiger partial charge in [-0.2, -0.15) is 0 Å². The van der Waals surface area contributed by atoms with E-state index in [1.54, 1.807) is 19.1 Å². The summed E-state index contributed by atoms with van der Waals surface area (Å²) in [5, 5.41) is 2.75. The van der Waals surface area contributed by atoms with E-state index < -0.39 is 0 Å². The van der Waals surface area contributed by atoms with Crippen LogP contribution in [0.25, 0.3) is 0 Å². The molecule has 1 N–H and O–H groups in total. The van der Waals surface area contributed by atoms with Crippen LogP contribution in [0.5, 0.6) is 0 Å². The Morgan fingerprint density at radius 1 is 1.50 bits per heavy atom. The van der Waals surface area contributed by atoms with Crippen molar-refractivity contribution in [1.29, 1.82) is 0 Å². The van der Waals surface area contributed by atoms with Crippen molar-refractivity contribution in [2.75, 3.05) is 18.4 Å². The second-order valence-electron chi connectivity index (χ2n) is 5.15. The second-order valence-corrected chi connectivity index (χ2v) is 5.15. The largest absolute Gasteiger partial charge is 0.325 e. The molecule has 0 spiro atoms. The third-order valence-corrected chi connectivity index (χ3v) is 3.25. The zero-order chi connectivity index (χ0) is 15.3. The van der Waals surface area contributed by atoms with Crippen molar-refractivity contribution in [2.45, 2.75) is 33.7 Å². The van der Waals surface area contributed by atoms with Gasteiger partial charge >= 0.3 is 0 Å². The van der Waals surface area contributed by atoms with Crippen LogP contribution in [0.3, 0.4) is 0 Å². The number of anilines is 1. The molecule has 1 amide bonds. The molecule has 0 aliphatic carbocycles. The third-order valence-electron chi connectivity index (χ3n) is 3.25. The maximum atomic E-state index is 13.5. The summed E-state index contributed by atoms with van der Waals surface area (Å²) in [5.74, 6) is -0.457. The first kappa shape index (κ1) is 16.4. The molecule has 4 heteroatoms. The van der Waals surface area contributed by atoms with Crippen LogP contribution in [0.4, 0.5) is 10.1 Å². The molecule has 20 heavy (non-hydrogen) atoms. The van der Waals surface area contributed by atoms with Crippen molar-refractivity contribution in [3.8, 4) is 0 Å². The molecule has 0 saturated carbocycles. The number of nitrogens with one attached hydrogen (secondary N) is 1. The Kier molecular flexibility index (Phi) is 5.89. The van der Waals surface area contributed by atoms with E-state index >= 15 is 0 Å². The third kappa shape index (κ3) is 4.46. The number of amides is 1. The van der Waals surface area contributed by atoms with E-state index in [-0.39, 0.29) is 17.8 Å². The van der Waals surface area contributed by atoms with Crippen LogP contribution >= 0.6 is 0 Å². The van der Waals surface area contributed by atoms with E-state index in [2.05, 4.69) is 11.9 Å². The van der Waals surface area contributed by atoms with Gasteiger partial charge in [-0.1, -0.05) is 25.1 Å². The molecule has 1 unspecified atom stereocenters. The molecule has 110 valence electrons. The number of hydrogen-bond acceptors (Lipinski definition) is 2. The van der Waals surface area contributed by atoms with Gasteiger partial charge in [0, 0.05) is 12.2 Å². The minimum atomic E-state index is -0.315. The molecule has 0 aliphatic heterocycles. The van der Waals surface area contributed by atoms with Gasteiger partial charge in [-0.3, -0.25) is 9.69 Å². The lowest BCUT2D eigenvalue weighted by Gasteiger charge is -2.27. The number of nitrogens with zero attached hydrogens (tertiary/aromatic N) is 1. The summed E-state index contributed by atoms with van der Waals surface area (Å²) in [5.41, 5.74) is 2.05. The highest BCUT2D eigenvalue weighted by Gasteiger charge is 2.20. The summed E-state index contributed by atoms with van der Waals surface area (Å²) in [6.07, 6.45) is 0. The highest BCUT2D eigenvalue weighted by Crippen LogP contribution is 2.14. The highest BCUT2D eigenvalue weighted by atomic mass is 19.1. The van der Waals surface area contributed by atoms with Gasteiger partial charge in [0.15, 0.2) is 0 Å². The van der Waals surface area contributed by atoms with Gasteiger partial charge in [0.1, 0.15) is 5.82 Å². The Balaban J connectivity index is 2.73. The first-order valence-corrected chi connectivity index (χ1v) is 6.80. The van der Waals surface area contributed by atoms with Crippen molar-refractivity contribution in [2.24, 2.45) is 0 Å². The Hall–Kier alpha value is -1.68. The first-order valence-electron chi connectivity index (χ1n) is 6.80. The Morgan fingerprint density at radius 3 is 2.65 bits per heavy atom. The van der Waals surface area contributed by atoms with Gasteiger partial charge in [-0.05, 0) is 45.0 Å². The number of likely N-dealkylation sites (N-methyl/N-ethyl adjacent to an activating group) is 1. The first-order chi connectivity index (χ1) is 9.35. The van der Waals surface area contributed by atoms with Crippen molar-refractivity contribution in [3.63, 3.8) is 0 Å². The zero-order valence-electron chi connectivity index (χ0n) is 12.7. The monoisotopic (exact) mass is 278 g/mol. The summed E-state index contributed by atoms with van der Waals surface area (Å²) in [6, 6.07) is 4.41. The van der Waals surface area contributed by atoms with Gasteiger partial charge in [0.05, 0.1) is 6.04 Å². The van der Waals surface area contributed by atoms with Crippen molar-refractivity contribution in [1.82, 2.24) is 4.90 Å². The number of rotatable bonds is 6. The standard InChI is InChI=1S/C16H23FN2O/c1-6-19(10-11(2)3)13(5)16(20)18-14-8-7-12(4)15(17)9-14/h7-9,13H,2,6,10H2,1,3-5H3,(H,18,20). The molecule has 3 nitrogen and oxygen atoms in total. The van der Waals surface area contributed by atoms with E-state index in [9.17, 15) is 9.18 Å². The van der Waals surface area contributed by atoms with Gasteiger partial charge in [-0.15, -0.1) is 0 Å². The Morgan fingerprint density at radius 2 is 2.15 bits per heavy atom. The van der Waals surface area contributed by atoms with Crippen LogP contribution in [0.1, 0.15) is 26.3 Å². The molecule has 0 aliphatic rings. The lowest BCUT2D eigenvalue weighted by Crippen LogP contribution is -2.42. The summed E-state index contributed by atoms with van der Waals surface area (Å²) in [4.78, 5) is 14.2. The molecule has 1 aromatic rings. The van der Waals surface area contributed by atoms with E-state index in [0.29, 0.717) is 17.8 Å². The van der Waals surface area contributed by atoms with Crippen LogP contribution in [0.2, 0.25) is 0 Å². The van der Waals surface area contributed by atoms with Crippen molar-refractivity contribution < 1.29 is 9.18 Å². The zero-order valence-corrected chi connectivity index (χ0v) is 12.7. The highest BCUT2D eigenvalue weighted by molar-refractivity contribution is 5.94. The van der Waals surface area contributed by atoms with Gasteiger partial charge < -0.3 is 5.32 Å². The van der Waals surface area contributed by atoms with Gasteiger partial charge in [0.25, 0.3) is 0 Å². The Bertz CT molecular complexity index is 499. The maximum Gasteiger partial charge on any atom is 0.241 e. The second kappa shape index (κ2) is 7.20. The van der Waals surface area contributed by atoms with E-state index in [1.165, 1.54) is 6.07 Å². The van der Waals surface area contributed by atoms with Crippen LogP contribution in [-0.4, -0.2) is 29.9 Å². The fourth-order valence-electron chi connectivity index (χ4n) is 1.95. The SMILES string of the molecule is C=C(C)CN(CC)C(C)C(=O)Nc1ccc(C)c(F)c1. The molecule has 1 atom stereocenters. The predicted octanol–water partition coefficient (Wildman–Crippen LogP) is 3.36. The number of aryl methyl sites for hydroxylation is 1. The molecule has 0 fully saturated rings. The molecule has 0 saturated heterocycles. The number of carbonyl (C=O) groups excluding carboxylic acids is 1. The minimum absolute atomic E-state index is 0.142. The molecule has 1 aromatic carbocycles. The Labute approximate surface area is 120 Å². The van der Waals surface area contributed by atoms with Crippen LogP contribution in [0.15, 0.2) is 30.4 Å². The molecule has 0 radical (unpaired) electrons. The molecule has 0 heterocycles. The molecular weight excluding hydrogens is 255 g/mol. The summed E-state index contributed by atoms with van der Waals surface area (Å²) >= 11 is 0. The normalized spacial score (nSPS) is 12.3. The fraction of sp³-hybridized carbons (Fsp3) is 0.438. The predicted molar refractivity (Wildman–Crippen MR) is 81.3 cm³/mol. The lowest BCUT2D eigenvalue weighted by molar-refractivity contribution is -0.120. The lowest BCUT2D eigenvalue weighted by atomic mass is 10.2. The number of carbonyl (C=O) groups is 1. The maximum absolute atomic E-state index is 13.5. The molecule has 0 bridgehead atoms. The van der Waals surface area contributed by atoms with E-state index in [1.807, 2.05) is 25.7 Å². The fourth-order valence-corrected chi connectivity index (χ4v) is 1.95. The molecule has 1 rings (SSSR count). The minimum Gasteiger partial charge on any atom is -0.325 e. The van der Waals surface area contributed by atoms with Crippen LogP contribution < -0.4 is 5.32 Å². The quantitative estimate of drug-likeness (QED) is 0.809. The van der Waals surface area contributed by atoms with Crippen molar-refractivity contribution >= 4 is 11.6 Å².